The largest absolute Gasteiger partial charge is 0.497 e. The number of hydrogen-bond acceptors (Lipinski definition) is 4. The Labute approximate surface area is 211 Å². The molecular formula is C31H30N2O3. The number of rotatable bonds is 4. The quantitative estimate of drug-likeness (QED) is 0.477. The van der Waals surface area contributed by atoms with Gasteiger partial charge in [-0.15, -0.1) is 0 Å². The summed E-state index contributed by atoms with van der Waals surface area (Å²) < 4.78 is 5.53. The van der Waals surface area contributed by atoms with E-state index in [9.17, 15) is 9.59 Å². The van der Waals surface area contributed by atoms with Crippen molar-refractivity contribution in [3.8, 4) is 5.75 Å². The minimum Gasteiger partial charge on any atom is -0.497 e. The molecule has 5 heteroatoms. The van der Waals surface area contributed by atoms with Crippen LogP contribution in [0, 0.1) is 12.8 Å². The predicted molar refractivity (Wildman–Crippen MR) is 141 cm³/mol. The molecule has 3 aliphatic rings. The average molecular weight is 479 g/mol. The van der Waals surface area contributed by atoms with E-state index in [4.69, 9.17) is 4.74 Å². The first-order chi connectivity index (χ1) is 17.5. The van der Waals surface area contributed by atoms with E-state index >= 15 is 0 Å². The number of nitrogens with one attached hydrogen (secondary N) is 1. The Kier molecular flexibility index (Phi) is 5.63. The molecule has 0 radical (unpaired) electrons. The number of nitrogens with zero attached hydrogens (tertiary/aromatic N) is 1. The highest BCUT2D eigenvalue weighted by atomic mass is 16.5. The Balaban J connectivity index is 1.54. The molecule has 36 heavy (non-hydrogen) atoms. The van der Waals surface area contributed by atoms with Crippen LogP contribution in [0.1, 0.15) is 54.3 Å². The van der Waals surface area contributed by atoms with Gasteiger partial charge in [0, 0.05) is 23.6 Å². The van der Waals surface area contributed by atoms with Crippen molar-refractivity contribution in [1.29, 1.82) is 0 Å². The maximum atomic E-state index is 14.0. The number of methoxy groups -OCH3 is 1. The van der Waals surface area contributed by atoms with Gasteiger partial charge in [-0.2, -0.15) is 0 Å². The SMILES string of the molecule is COc1cccc(C2C3=C(CC(c4ccc(C)cc4)CC3=O)Nc3ccccc3N2C(=O)C2CC2)c1. The zero-order valence-corrected chi connectivity index (χ0v) is 20.7. The molecule has 3 aromatic rings. The van der Waals surface area contributed by atoms with Crippen LogP contribution < -0.4 is 15.0 Å². The van der Waals surface area contributed by atoms with E-state index < -0.39 is 6.04 Å². The van der Waals surface area contributed by atoms with Crippen LogP contribution in [0.2, 0.25) is 0 Å². The molecule has 6 rings (SSSR count). The Morgan fingerprint density at radius 2 is 1.72 bits per heavy atom. The van der Waals surface area contributed by atoms with Gasteiger partial charge in [-0.1, -0.05) is 54.1 Å². The van der Waals surface area contributed by atoms with Crippen LogP contribution >= 0.6 is 0 Å². The fourth-order valence-electron chi connectivity index (χ4n) is 5.56. The molecule has 2 atom stereocenters. The second kappa shape index (κ2) is 8.98. The predicted octanol–water partition coefficient (Wildman–Crippen LogP) is 6.31. The number of ether oxygens (including phenoxy) is 1. The molecule has 1 amide bonds. The first kappa shape index (κ1) is 22.6. The smallest absolute Gasteiger partial charge is 0.231 e. The van der Waals surface area contributed by atoms with Gasteiger partial charge in [0.1, 0.15) is 5.75 Å². The van der Waals surface area contributed by atoms with Crippen LogP contribution in [0.25, 0.3) is 0 Å². The lowest BCUT2D eigenvalue weighted by Crippen LogP contribution is -2.39. The number of allylic oxidation sites excluding steroid dienone is 1. The third-order valence-electron chi connectivity index (χ3n) is 7.61. The summed E-state index contributed by atoms with van der Waals surface area (Å²) in [4.78, 5) is 29.7. The van der Waals surface area contributed by atoms with Crippen LogP contribution in [0.5, 0.6) is 5.75 Å². The molecule has 3 aromatic carbocycles. The van der Waals surface area contributed by atoms with Gasteiger partial charge in [-0.05, 0) is 67.5 Å². The van der Waals surface area contributed by atoms with E-state index in [2.05, 4.69) is 36.5 Å². The summed E-state index contributed by atoms with van der Waals surface area (Å²) in [5.41, 5.74) is 6.54. The van der Waals surface area contributed by atoms with Crippen molar-refractivity contribution in [2.75, 3.05) is 17.3 Å². The zero-order chi connectivity index (χ0) is 24.8. The van der Waals surface area contributed by atoms with E-state index in [0.717, 1.165) is 35.5 Å². The number of fused-ring (bicyclic) bond motifs is 1. The minimum atomic E-state index is -0.509. The van der Waals surface area contributed by atoms with Crippen molar-refractivity contribution >= 4 is 23.1 Å². The number of Topliss-reactive ketones (excluding diaryl/α,β-unsaturated/α-hetero) is 1. The van der Waals surface area contributed by atoms with Crippen LogP contribution in [-0.4, -0.2) is 18.8 Å². The molecule has 2 aliphatic carbocycles. The van der Waals surface area contributed by atoms with Gasteiger partial charge in [-0.25, -0.2) is 0 Å². The highest BCUT2D eigenvalue weighted by Crippen LogP contribution is 2.49. The van der Waals surface area contributed by atoms with Gasteiger partial charge >= 0.3 is 0 Å². The van der Waals surface area contributed by atoms with Gasteiger partial charge in [-0.3, -0.25) is 14.5 Å². The van der Waals surface area contributed by atoms with Crippen molar-refractivity contribution in [2.45, 2.75) is 44.6 Å². The molecule has 1 fully saturated rings. The number of amides is 1. The molecule has 0 bridgehead atoms. The lowest BCUT2D eigenvalue weighted by atomic mass is 9.78. The maximum Gasteiger partial charge on any atom is 0.231 e. The molecule has 0 saturated heterocycles. The van der Waals surface area contributed by atoms with E-state index in [1.165, 1.54) is 11.1 Å². The van der Waals surface area contributed by atoms with Gasteiger partial charge in [0.15, 0.2) is 5.78 Å². The third-order valence-corrected chi connectivity index (χ3v) is 7.61. The summed E-state index contributed by atoms with van der Waals surface area (Å²) in [5.74, 6) is 0.975. The molecule has 1 heterocycles. The summed E-state index contributed by atoms with van der Waals surface area (Å²) in [6.07, 6.45) is 2.92. The van der Waals surface area contributed by atoms with E-state index in [-0.39, 0.29) is 23.5 Å². The van der Waals surface area contributed by atoms with Gasteiger partial charge in [0.2, 0.25) is 5.91 Å². The highest BCUT2D eigenvalue weighted by Gasteiger charge is 2.45. The van der Waals surface area contributed by atoms with Crippen LogP contribution in [0.15, 0.2) is 84.1 Å². The molecular weight excluding hydrogens is 448 g/mol. The number of carbonyl (C=O) groups is 2. The van der Waals surface area contributed by atoms with Crippen LogP contribution in [-0.2, 0) is 9.59 Å². The summed E-state index contributed by atoms with van der Waals surface area (Å²) in [5, 5.41) is 3.61. The van der Waals surface area contributed by atoms with Crippen molar-refractivity contribution in [1.82, 2.24) is 0 Å². The Hall–Kier alpha value is -3.86. The lowest BCUT2D eigenvalue weighted by molar-refractivity contribution is -0.120. The van der Waals surface area contributed by atoms with Gasteiger partial charge in [0.25, 0.3) is 0 Å². The fraction of sp³-hybridized carbons (Fsp3) is 0.290. The molecule has 1 N–H and O–H groups in total. The highest BCUT2D eigenvalue weighted by molar-refractivity contribution is 6.07. The average Bonchev–Trinajstić information content (AvgIpc) is 3.75. The molecule has 0 aromatic heterocycles. The van der Waals surface area contributed by atoms with Gasteiger partial charge < -0.3 is 10.1 Å². The summed E-state index contributed by atoms with van der Waals surface area (Å²) in [6, 6.07) is 23.7. The first-order valence-electron chi connectivity index (χ1n) is 12.7. The maximum absolute atomic E-state index is 14.0. The number of ketones is 1. The fourth-order valence-corrected chi connectivity index (χ4v) is 5.56. The standard InChI is InChI=1S/C31H30N2O3/c1-19-10-12-20(13-11-19)23-17-26-29(28(34)18-23)30(22-6-5-7-24(16-22)36-2)33(31(35)21-14-15-21)27-9-4-3-8-25(27)32-26/h3-13,16,21,23,30,32H,14-15,17-18H2,1-2H3. The van der Waals surface area contributed by atoms with Crippen molar-refractivity contribution in [3.63, 3.8) is 0 Å². The number of carbonyl (C=O) groups excluding carboxylic acids is 2. The number of benzene rings is 3. The van der Waals surface area contributed by atoms with E-state index in [1.807, 2.05) is 53.4 Å². The second-order valence-corrected chi connectivity index (χ2v) is 10.1. The number of anilines is 2. The Morgan fingerprint density at radius 1 is 0.944 bits per heavy atom. The number of hydrogen-bond donors (Lipinski definition) is 1. The molecule has 1 aliphatic heterocycles. The monoisotopic (exact) mass is 478 g/mol. The summed E-state index contributed by atoms with van der Waals surface area (Å²) >= 11 is 0. The molecule has 1 saturated carbocycles. The van der Waals surface area contributed by atoms with Crippen molar-refractivity contribution in [3.05, 3.63) is 101 Å². The topological polar surface area (TPSA) is 58.6 Å². The molecule has 0 spiro atoms. The van der Waals surface area contributed by atoms with Crippen LogP contribution in [0.3, 0.4) is 0 Å². The third kappa shape index (κ3) is 3.98. The Morgan fingerprint density at radius 3 is 2.47 bits per heavy atom. The first-order valence-corrected chi connectivity index (χ1v) is 12.7. The Bertz CT molecular complexity index is 1370. The number of para-hydroxylation sites is 2. The molecule has 182 valence electrons. The number of aryl methyl sites for hydroxylation is 1. The lowest BCUT2D eigenvalue weighted by Gasteiger charge is -2.35. The van der Waals surface area contributed by atoms with Crippen molar-refractivity contribution in [2.24, 2.45) is 5.92 Å². The summed E-state index contributed by atoms with van der Waals surface area (Å²) in [6.45, 7) is 2.07. The van der Waals surface area contributed by atoms with Crippen LogP contribution in [0.4, 0.5) is 11.4 Å². The molecule has 2 unspecified atom stereocenters. The normalized spacial score (nSPS) is 21.3. The van der Waals surface area contributed by atoms with E-state index in [1.54, 1.807) is 7.11 Å². The van der Waals surface area contributed by atoms with Crippen molar-refractivity contribution < 1.29 is 14.3 Å². The zero-order valence-electron chi connectivity index (χ0n) is 20.7. The van der Waals surface area contributed by atoms with Gasteiger partial charge in [0.05, 0.1) is 24.5 Å². The van der Waals surface area contributed by atoms with E-state index in [0.29, 0.717) is 24.2 Å². The summed E-state index contributed by atoms with van der Waals surface area (Å²) in [7, 11) is 1.64. The molecule has 5 nitrogen and oxygen atoms in total. The second-order valence-electron chi connectivity index (χ2n) is 10.1. The minimum absolute atomic E-state index is 0.00677.